The number of carboxylic acid groups (broad SMARTS) is 1. The first-order chi connectivity index (χ1) is 16.2. The van der Waals surface area contributed by atoms with Gasteiger partial charge in [-0.1, -0.05) is 44.2 Å². The van der Waals surface area contributed by atoms with E-state index >= 15 is 0 Å². The van der Waals surface area contributed by atoms with Crippen LogP contribution in [0, 0.1) is 11.7 Å². The summed E-state index contributed by atoms with van der Waals surface area (Å²) in [5.41, 5.74) is 2.09. The van der Waals surface area contributed by atoms with Gasteiger partial charge in [-0.2, -0.15) is 0 Å². The molecule has 3 amide bonds. The Hall–Kier alpha value is -3.75. The van der Waals surface area contributed by atoms with Crippen LogP contribution < -0.4 is 15.5 Å². The number of carboxylic acids is 1. The maximum Gasteiger partial charge on any atom is 0.327 e. The summed E-state index contributed by atoms with van der Waals surface area (Å²) in [7, 11) is 0. The number of amides is 3. The van der Waals surface area contributed by atoms with Gasteiger partial charge in [0.15, 0.2) is 0 Å². The number of nitrogens with one attached hydrogen (secondary N) is 2. The highest BCUT2D eigenvalue weighted by Crippen LogP contribution is 2.39. The Bertz CT molecular complexity index is 1160. The molecule has 2 aromatic rings. The molecule has 0 saturated carbocycles. The lowest BCUT2D eigenvalue weighted by Gasteiger charge is -2.28. The molecule has 0 unspecified atom stereocenters. The Labute approximate surface area is 196 Å². The molecular weight excluding hydrogens is 441 g/mol. The number of aliphatic carboxylic acids is 1. The van der Waals surface area contributed by atoms with Crippen LogP contribution in [0.5, 0.6) is 0 Å². The van der Waals surface area contributed by atoms with E-state index in [1.807, 2.05) is 18.2 Å². The van der Waals surface area contributed by atoms with Gasteiger partial charge in [0.25, 0.3) is 5.91 Å². The van der Waals surface area contributed by atoms with Crippen molar-refractivity contribution in [1.29, 1.82) is 0 Å². The van der Waals surface area contributed by atoms with Crippen molar-refractivity contribution in [2.75, 3.05) is 4.90 Å². The average molecular weight is 467 g/mol. The lowest BCUT2D eigenvalue weighted by Crippen LogP contribution is -2.57. The molecule has 2 heterocycles. The van der Waals surface area contributed by atoms with Crippen molar-refractivity contribution in [3.05, 3.63) is 65.0 Å². The maximum absolute atomic E-state index is 14.0. The largest absolute Gasteiger partial charge is 0.480 e. The minimum Gasteiger partial charge on any atom is -0.480 e. The minimum atomic E-state index is -1.11. The van der Waals surface area contributed by atoms with Gasteiger partial charge >= 0.3 is 5.97 Å². The second-order valence-corrected chi connectivity index (χ2v) is 8.97. The van der Waals surface area contributed by atoms with Crippen LogP contribution in [0.2, 0.25) is 0 Å². The van der Waals surface area contributed by atoms with Gasteiger partial charge in [0, 0.05) is 6.42 Å². The third kappa shape index (κ3) is 4.25. The second kappa shape index (κ2) is 9.24. The molecule has 0 aromatic heterocycles. The van der Waals surface area contributed by atoms with E-state index in [0.29, 0.717) is 12.1 Å². The Morgan fingerprint density at radius 2 is 1.79 bits per heavy atom. The highest BCUT2D eigenvalue weighted by Gasteiger charge is 2.44. The molecule has 34 heavy (non-hydrogen) atoms. The smallest absolute Gasteiger partial charge is 0.327 e. The molecule has 9 heteroatoms. The lowest BCUT2D eigenvalue weighted by atomic mass is 9.99. The van der Waals surface area contributed by atoms with Gasteiger partial charge in [-0.3, -0.25) is 19.3 Å². The molecule has 0 spiro atoms. The van der Waals surface area contributed by atoms with Crippen LogP contribution >= 0.6 is 0 Å². The number of hydrogen-bond acceptors (Lipinski definition) is 4. The van der Waals surface area contributed by atoms with Crippen LogP contribution in [0.4, 0.5) is 10.1 Å². The van der Waals surface area contributed by atoms with Crippen LogP contribution in [0.15, 0.2) is 42.5 Å². The number of aryl methyl sites for hydroxylation is 1. The zero-order chi connectivity index (χ0) is 24.6. The fourth-order valence-corrected chi connectivity index (χ4v) is 4.62. The number of nitrogens with zero attached hydrogens (tertiary/aromatic N) is 1. The first-order valence-electron chi connectivity index (χ1n) is 11.2. The van der Waals surface area contributed by atoms with E-state index < -0.39 is 47.6 Å². The fourth-order valence-electron chi connectivity index (χ4n) is 4.62. The van der Waals surface area contributed by atoms with E-state index in [9.17, 15) is 28.7 Å². The number of rotatable bonds is 6. The van der Waals surface area contributed by atoms with Crippen LogP contribution in [-0.2, 0) is 27.2 Å². The zero-order valence-corrected chi connectivity index (χ0v) is 18.9. The highest BCUT2D eigenvalue weighted by molar-refractivity contribution is 6.07. The second-order valence-electron chi connectivity index (χ2n) is 8.97. The van der Waals surface area contributed by atoms with Gasteiger partial charge < -0.3 is 15.7 Å². The third-order valence-corrected chi connectivity index (χ3v) is 6.36. The molecule has 3 N–H and O–H groups in total. The zero-order valence-electron chi connectivity index (χ0n) is 18.9. The summed E-state index contributed by atoms with van der Waals surface area (Å²) in [6.45, 7) is 3.45. The molecule has 8 nitrogen and oxygen atoms in total. The molecule has 0 bridgehead atoms. The summed E-state index contributed by atoms with van der Waals surface area (Å²) >= 11 is 0. The van der Waals surface area contributed by atoms with E-state index in [2.05, 4.69) is 10.6 Å². The summed E-state index contributed by atoms with van der Waals surface area (Å²) in [4.78, 5) is 52.3. The Balaban J connectivity index is 1.55. The van der Waals surface area contributed by atoms with Crippen LogP contribution in [0.1, 0.15) is 41.8 Å². The first kappa shape index (κ1) is 23.4. The number of halogens is 1. The van der Waals surface area contributed by atoms with E-state index in [-0.39, 0.29) is 24.3 Å². The molecular formula is C25H26FN3O5. The molecule has 0 aliphatic carbocycles. The van der Waals surface area contributed by atoms with E-state index in [1.54, 1.807) is 13.8 Å². The summed E-state index contributed by atoms with van der Waals surface area (Å²) in [5, 5.41) is 15.0. The summed E-state index contributed by atoms with van der Waals surface area (Å²) in [6.07, 6.45) is 0.977. The standard InChI is InChI=1S/C25H26FN3O5/c1-13(2)20(28-22(30)16-8-3-4-9-17(16)26)23(31)27-18-11-10-14-6-5-7-15-12-19(25(33)34)29(21(14)15)24(18)32/h3-9,13,18-20H,10-12H2,1-2H3,(H,27,31)(H,28,30)(H,33,34)/t18-,19-,20-/m0/s1. The van der Waals surface area contributed by atoms with Crippen LogP contribution in [0.25, 0.3) is 0 Å². The predicted octanol–water partition coefficient (Wildman–Crippen LogP) is 2.05. The first-order valence-corrected chi connectivity index (χ1v) is 11.2. The SMILES string of the molecule is CC(C)[C@H](NC(=O)c1ccccc1F)C(=O)N[C@H]1CCc2cccc3c2N(C1=O)[C@H](C(=O)O)C3. The Kier molecular flexibility index (Phi) is 6.37. The van der Waals surface area contributed by atoms with Crippen molar-refractivity contribution >= 4 is 29.4 Å². The number of hydrogen-bond donors (Lipinski definition) is 3. The average Bonchev–Trinajstić information content (AvgIpc) is 3.14. The van der Waals surface area contributed by atoms with Gasteiger partial charge in [0.1, 0.15) is 23.9 Å². The Morgan fingerprint density at radius 1 is 1.09 bits per heavy atom. The topological polar surface area (TPSA) is 116 Å². The molecule has 0 saturated heterocycles. The predicted molar refractivity (Wildman–Crippen MR) is 122 cm³/mol. The van der Waals surface area contributed by atoms with Crippen molar-refractivity contribution in [3.63, 3.8) is 0 Å². The number of anilines is 1. The highest BCUT2D eigenvalue weighted by atomic mass is 19.1. The molecule has 0 fully saturated rings. The van der Waals surface area contributed by atoms with Crippen molar-refractivity contribution < 1.29 is 28.7 Å². The molecule has 178 valence electrons. The molecule has 2 aliphatic rings. The molecule has 0 radical (unpaired) electrons. The minimum absolute atomic E-state index is 0.184. The molecule has 2 aromatic carbocycles. The normalized spacial score (nSPS) is 19.9. The summed E-state index contributed by atoms with van der Waals surface area (Å²) < 4.78 is 14.0. The number of benzene rings is 2. The maximum atomic E-state index is 14.0. The van der Waals surface area contributed by atoms with Crippen molar-refractivity contribution in [2.24, 2.45) is 5.92 Å². The van der Waals surface area contributed by atoms with Gasteiger partial charge in [-0.15, -0.1) is 0 Å². The molecule has 4 rings (SSSR count). The van der Waals surface area contributed by atoms with E-state index in [1.165, 1.54) is 23.1 Å². The van der Waals surface area contributed by atoms with Gasteiger partial charge in [0.2, 0.25) is 11.8 Å². The third-order valence-electron chi connectivity index (χ3n) is 6.36. The van der Waals surface area contributed by atoms with Crippen LogP contribution in [0.3, 0.4) is 0 Å². The Morgan fingerprint density at radius 3 is 2.47 bits per heavy atom. The number of carbonyl (C=O) groups is 4. The van der Waals surface area contributed by atoms with Crippen LogP contribution in [-0.4, -0.2) is 46.9 Å². The monoisotopic (exact) mass is 467 g/mol. The van der Waals surface area contributed by atoms with Gasteiger partial charge in [-0.05, 0) is 42.0 Å². The number of para-hydroxylation sites is 1. The fraction of sp³-hybridized carbons (Fsp3) is 0.360. The summed E-state index contributed by atoms with van der Waals surface area (Å²) in [5.74, 6) is -3.98. The quantitative estimate of drug-likeness (QED) is 0.602. The number of carbonyl (C=O) groups excluding carboxylic acids is 3. The lowest BCUT2D eigenvalue weighted by molar-refractivity contribution is -0.140. The van der Waals surface area contributed by atoms with Crippen molar-refractivity contribution in [2.45, 2.75) is 51.2 Å². The van der Waals surface area contributed by atoms with Crippen molar-refractivity contribution in [1.82, 2.24) is 10.6 Å². The van der Waals surface area contributed by atoms with E-state index in [4.69, 9.17) is 0 Å². The van der Waals surface area contributed by atoms with Gasteiger partial charge in [-0.25, -0.2) is 9.18 Å². The summed E-state index contributed by atoms with van der Waals surface area (Å²) in [6, 6.07) is 7.96. The molecule has 3 atom stereocenters. The van der Waals surface area contributed by atoms with E-state index in [0.717, 1.165) is 17.2 Å². The van der Waals surface area contributed by atoms with Crippen molar-refractivity contribution in [3.8, 4) is 0 Å². The van der Waals surface area contributed by atoms with Gasteiger partial charge in [0.05, 0.1) is 11.3 Å². The molecule has 2 aliphatic heterocycles.